The number of anilines is 1. The molecule has 1 atom stereocenters. The number of fused-ring (bicyclic) bond motifs is 1. The fourth-order valence-electron chi connectivity index (χ4n) is 3.19. The van der Waals surface area contributed by atoms with E-state index in [1.807, 2.05) is 16.8 Å². The Labute approximate surface area is 146 Å². The number of carbonyl (C=O) groups excluding carboxylic acids is 1. The van der Waals surface area contributed by atoms with Gasteiger partial charge >= 0.3 is 5.97 Å². The number of hydrogen-bond donors (Lipinski definition) is 2. The van der Waals surface area contributed by atoms with Crippen LogP contribution in [0.4, 0.5) is 10.1 Å². The Balaban J connectivity index is 1.97. The van der Waals surface area contributed by atoms with Crippen LogP contribution in [0.3, 0.4) is 0 Å². The van der Waals surface area contributed by atoms with Crippen LogP contribution in [0.2, 0.25) is 0 Å². The second-order valence-corrected chi connectivity index (χ2v) is 6.60. The Morgan fingerprint density at radius 1 is 1.28 bits per heavy atom. The Morgan fingerprint density at radius 3 is 2.68 bits per heavy atom. The van der Waals surface area contributed by atoms with Crippen molar-refractivity contribution in [3.05, 3.63) is 69.9 Å². The van der Waals surface area contributed by atoms with Gasteiger partial charge in [0.05, 0.1) is 11.4 Å². The molecule has 1 amide bonds. The first-order valence-electron chi connectivity index (χ1n) is 7.61. The van der Waals surface area contributed by atoms with Crippen LogP contribution >= 0.6 is 11.3 Å². The second-order valence-electron chi connectivity index (χ2n) is 5.82. The van der Waals surface area contributed by atoms with Crippen molar-refractivity contribution in [1.29, 1.82) is 0 Å². The van der Waals surface area contributed by atoms with E-state index >= 15 is 0 Å². The van der Waals surface area contributed by atoms with Gasteiger partial charge in [0, 0.05) is 24.2 Å². The lowest BCUT2D eigenvalue weighted by molar-refractivity contribution is -0.116. The molecule has 2 N–H and O–H groups in total. The van der Waals surface area contributed by atoms with E-state index in [0.717, 1.165) is 5.56 Å². The molecule has 5 nitrogen and oxygen atoms in total. The van der Waals surface area contributed by atoms with E-state index < -0.39 is 5.97 Å². The van der Waals surface area contributed by atoms with Gasteiger partial charge in [-0.15, -0.1) is 0 Å². The molecule has 0 spiro atoms. The smallest absolute Gasteiger partial charge is 0.339 e. The normalized spacial score (nSPS) is 16.4. The molecule has 1 aliphatic rings. The minimum Gasteiger partial charge on any atom is -0.478 e. The number of carboxylic acid groups (broad SMARTS) is 1. The Morgan fingerprint density at radius 2 is 2.04 bits per heavy atom. The lowest BCUT2D eigenvalue weighted by Gasteiger charge is -2.25. The van der Waals surface area contributed by atoms with E-state index in [-0.39, 0.29) is 29.6 Å². The number of carboxylic acids is 1. The van der Waals surface area contributed by atoms with Crippen molar-refractivity contribution in [2.24, 2.45) is 0 Å². The molecule has 0 fully saturated rings. The van der Waals surface area contributed by atoms with Gasteiger partial charge in [-0.3, -0.25) is 4.79 Å². The highest BCUT2D eigenvalue weighted by atomic mass is 32.1. The van der Waals surface area contributed by atoms with E-state index in [2.05, 4.69) is 5.32 Å². The first-order valence-corrected chi connectivity index (χ1v) is 8.55. The monoisotopic (exact) mass is 356 g/mol. The zero-order valence-corrected chi connectivity index (χ0v) is 13.7. The predicted octanol–water partition coefficient (Wildman–Crippen LogP) is 3.85. The molecular formula is C18H13FN2O3S. The van der Waals surface area contributed by atoms with Crippen LogP contribution < -0.4 is 5.32 Å². The standard InChI is InChI=1S/C18H13FN2O3S/c19-11-1-3-12(4-2-11)21-8-14(18(23)24)16-17(21)13(7-15(22)20-16)10-5-6-25-9-10/h1-6,8-9,13H,7H2,(H,20,22)(H,23,24)/t13-/m1/s1. The van der Waals surface area contributed by atoms with E-state index in [4.69, 9.17) is 0 Å². The zero-order chi connectivity index (χ0) is 17.6. The Kier molecular flexibility index (Phi) is 3.65. The fraction of sp³-hybridized carbons (Fsp3) is 0.111. The molecule has 126 valence electrons. The summed E-state index contributed by atoms with van der Waals surface area (Å²) in [5.74, 6) is -1.97. The van der Waals surface area contributed by atoms with Gasteiger partial charge in [-0.05, 0) is 46.7 Å². The van der Waals surface area contributed by atoms with Crippen molar-refractivity contribution in [2.75, 3.05) is 5.32 Å². The van der Waals surface area contributed by atoms with E-state index in [1.165, 1.54) is 29.7 Å². The summed E-state index contributed by atoms with van der Waals surface area (Å²) in [7, 11) is 0. The molecule has 0 saturated heterocycles. The van der Waals surface area contributed by atoms with Crippen LogP contribution in [0.25, 0.3) is 5.69 Å². The molecule has 0 saturated carbocycles. The van der Waals surface area contributed by atoms with Crippen LogP contribution in [0.15, 0.2) is 47.3 Å². The van der Waals surface area contributed by atoms with Crippen LogP contribution in [0.1, 0.15) is 34.0 Å². The number of aromatic carboxylic acids is 1. The first kappa shape index (κ1) is 15.6. The quantitative estimate of drug-likeness (QED) is 0.749. The highest BCUT2D eigenvalue weighted by Gasteiger charge is 2.34. The van der Waals surface area contributed by atoms with E-state index in [1.54, 1.807) is 16.7 Å². The van der Waals surface area contributed by atoms with E-state index in [9.17, 15) is 19.1 Å². The van der Waals surface area contributed by atoms with Crippen molar-refractivity contribution in [1.82, 2.24) is 4.57 Å². The molecule has 1 aromatic carbocycles. The maximum absolute atomic E-state index is 13.3. The molecular weight excluding hydrogens is 343 g/mol. The number of hydrogen-bond acceptors (Lipinski definition) is 3. The molecule has 25 heavy (non-hydrogen) atoms. The number of rotatable bonds is 3. The third kappa shape index (κ3) is 2.62. The Hall–Kier alpha value is -2.93. The van der Waals surface area contributed by atoms with Gasteiger partial charge in [0.1, 0.15) is 11.4 Å². The Bertz CT molecular complexity index is 961. The third-order valence-electron chi connectivity index (χ3n) is 4.31. The van der Waals surface area contributed by atoms with Crippen LogP contribution in [0, 0.1) is 5.82 Å². The van der Waals surface area contributed by atoms with Gasteiger partial charge in [-0.1, -0.05) is 0 Å². The number of aromatic nitrogens is 1. The molecule has 1 aliphatic heterocycles. The lowest BCUT2D eigenvalue weighted by atomic mass is 9.90. The molecule has 4 rings (SSSR count). The maximum atomic E-state index is 13.3. The van der Waals surface area contributed by atoms with Gasteiger partial charge in [0.25, 0.3) is 0 Å². The highest BCUT2D eigenvalue weighted by Crippen LogP contribution is 2.42. The summed E-state index contributed by atoms with van der Waals surface area (Å²) in [6, 6.07) is 7.75. The summed E-state index contributed by atoms with van der Waals surface area (Å²) < 4.78 is 15.0. The summed E-state index contributed by atoms with van der Waals surface area (Å²) in [6.45, 7) is 0. The number of halogens is 1. The largest absolute Gasteiger partial charge is 0.478 e. The fourth-order valence-corrected chi connectivity index (χ4v) is 3.91. The van der Waals surface area contributed by atoms with Crippen LogP contribution in [0.5, 0.6) is 0 Å². The molecule has 0 bridgehead atoms. The van der Waals surface area contributed by atoms with Gasteiger partial charge in [-0.25, -0.2) is 9.18 Å². The first-order chi connectivity index (χ1) is 12.0. The van der Waals surface area contributed by atoms with Crippen molar-refractivity contribution < 1.29 is 19.1 Å². The minimum absolute atomic E-state index is 0.0209. The SMILES string of the molecule is O=C1C[C@H](c2ccsc2)c2c(c(C(=O)O)cn2-c2ccc(F)cc2)N1. The van der Waals surface area contributed by atoms with E-state index in [0.29, 0.717) is 17.1 Å². The number of benzene rings is 1. The predicted molar refractivity (Wildman–Crippen MR) is 92.1 cm³/mol. The van der Waals surface area contributed by atoms with Gasteiger partial charge in [0.15, 0.2) is 0 Å². The molecule has 0 unspecified atom stereocenters. The molecule has 0 radical (unpaired) electrons. The molecule has 3 aromatic rings. The summed E-state index contributed by atoms with van der Waals surface area (Å²) >= 11 is 1.52. The number of nitrogens with zero attached hydrogens (tertiary/aromatic N) is 1. The maximum Gasteiger partial charge on any atom is 0.339 e. The van der Waals surface area contributed by atoms with Crippen LogP contribution in [-0.4, -0.2) is 21.6 Å². The second kappa shape index (κ2) is 5.86. The third-order valence-corrected chi connectivity index (χ3v) is 5.01. The zero-order valence-electron chi connectivity index (χ0n) is 12.9. The number of thiophene rings is 1. The molecule has 2 aromatic heterocycles. The highest BCUT2D eigenvalue weighted by molar-refractivity contribution is 7.08. The van der Waals surface area contributed by atoms with Crippen molar-refractivity contribution in [3.8, 4) is 5.69 Å². The number of amides is 1. The molecule has 0 aliphatic carbocycles. The minimum atomic E-state index is -1.12. The van der Waals surface area contributed by atoms with Gasteiger partial charge in [0.2, 0.25) is 5.91 Å². The average Bonchev–Trinajstić information content (AvgIpc) is 3.22. The molecule has 3 heterocycles. The topological polar surface area (TPSA) is 71.3 Å². The van der Waals surface area contributed by atoms with Gasteiger partial charge in [-0.2, -0.15) is 11.3 Å². The summed E-state index contributed by atoms with van der Waals surface area (Å²) in [4.78, 5) is 23.8. The molecule has 7 heteroatoms. The summed E-state index contributed by atoms with van der Waals surface area (Å²) in [5, 5.41) is 16.1. The van der Waals surface area contributed by atoms with Crippen molar-refractivity contribution in [2.45, 2.75) is 12.3 Å². The lowest BCUT2D eigenvalue weighted by Crippen LogP contribution is -2.25. The average molecular weight is 356 g/mol. The van der Waals surface area contributed by atoms with Crippen LogP contribution in [-0.2, 0) is 4.79 Å². The van der Waals surface area contributed by atoms with Gasteiger partial charge < -0.3 is 15.0 Å². The number of carbonyl (C=O) groups is 2. The van der Waals surface area contributed by atoms with Crippen molar-refractivity contribution >= 4 is 28.9 Å². The summed E-state index contributed by atoms with van der Waals surface area (Å²) in [6.07, 6.45) is 1.71. The summed E-state index contributed by atoms with van der Waals surface area (Å²) in [5.41, 5.74) is 2.62. The number of nitrogens with one attached hydrogen (secondary N) is 1. The van der Waals surface area contributed by atoms with Crippen molar-refractivity contribution in [3.63, 3.8) is 0 Å².